The first-order chi connectivity index (χ1) is 15.1. The number of aromatic nitrogens is 3. The number of allylic oxidation sites excluding steroid dienone is 2. The molecule has 0 unspecified atom stereocenters. The Morgan fingerprint density at radius 2 is 1.87 bits per heavy atom. The Balaban J connectivity index is 1.40. The van der Waals surface area contributed by atoms with E-state index < -0.39 is 0 Å². The van der Waals surface area contributed by atoms with Gasteiger partial charge in [0, 0.05) is 56.6 Å². The molecule has 1 fully saturated rings. The summed E-state index contributed by atoms with van der Waals surface area (Å²) in [6.07, 6.45) is 17.2. The van der Waals surface area contributed by atoms with Crippen LogP contribution in [0.4, 0.5) is 5.95 Å². The summed E-state index contributed by atoms with van der Waals surface area (Å²) in [5.41, 5.74) is 3.36. The van der Waals surface area contributed by atoms with Crippen LogP contribution in [-0.2, 0) is 4.79 Å². The van der Waals surface area contributed by atoms with Gasteiger partial charge in [0.25, 0.3) is 0 Å². The van der Waals surface area contributed by atoms with E-state index in [0.717, 1.165) is 74.3 Å². The summed E-state index contributed by atoms with van der Waals surface area (Å²) in [4.78, 5) is 28.1. The molecule has 1 atom stereocenters. The summed E-state index contributed by atoms with van der Waals surface area (Å²) in [6, 6.07) is 4.05. The topological polar surface area (TPSA) is 71.0 Å². The normalized spacial score (nSPS) is 23.4. The number of nitrogens with one attached hydrogen (secondary N) is 1. The minimum absolute atomic E-state index is 0.162. The summed E-state index contributed by atoms with van der Waals surface area (Å²) < 4.78 is 0. The van der Waals surface area contributed by atoms with Crippen LogP contribution in [0.1, 0.15) is 56.6 Å². The Hall–Kier alpha value is -2.76. The Kier molecular flexibility index (Phi) is 6.95. The molecular formula is C25H33N5O. The van der Waals surface area contributed by atoms with Gasteiger partial charge in [0.15, 0.2) is 0 Å². The fraction of sp³-hybridized carbons (Fsp3) is 0.520. The van der Waals surface area contributed by atoms with Crippen LogP contribution in [0.25, 0.3) is 11.1 Å². The fourth-order valence-corrected chi connectivity index (χ4v) is 4.73. The minimum atomic E-state index is 0.162. The van der Waals surface area contributed by atoms with Crippen molar-refractivity contribution in [3.63, 3.8) is 0 Å². The van der Waals surface area contributed by atoms with Crippen molar-refractivity contribution in [3.8, 4) is 11.1 Å². The zero-order valence-corrected chi connectivity index (χ0v) is 18.6. The number of pyridine rings is 1. The van der Waals surface area contributed by atoms with E-state index in [1.807, 2.05) is 49.7 Å². The van der Waals surface area contributed by atoms with Gasteiger partial charge >= 0.3 is 0 Å². The molecule has 2 aliphatic carbocycles. The van der Waals surface area contributed by atoms with Crippen molar-refractivity contribution in [2.24, 2.45) is 11.8 Å². The first kappa shape index (κ1) is 21.5. The maximum Gasteiger partial charge on any atom is 0.225 e. The van der Waals surface area contributed by atoms with E-state index in [0.29, 0.717) is 11.8 Å². The lowest BCUT2D eigenvalue weighted by Gasteiger charge is -2.30. The summed E-state index contributed by atoms with van der Waals surface area (Å²) in [7, 11) is 3.96. The molecule has 2 aliphatic rings. The molecule has 0 radical (unpaired) electrons. The molecule has 6 heteroatoms. The zero-order valence-electron chi connectivity index (χ0n) is 18.6. The highest BCUT2D eigenvalue weighted by Gasteiger charge is 2.27. The van der Waals surface area contributed by atoms with E-state index >= 15 is 0 Å². The quantitative estimate of drug-likeness (QED) is 0.705. The van der Waals surface area contributed by atoms with E-state index in [1.165, 1.54) is 0 Å². The van der Waals surface area contributed by atoms with Crippen molar-refractivity contribution in [2.45, 2.75) is 50.9 Å². The standard InChI is InChI=1S/C25H33N5O/c1-30(2)25-28-17-22(19-12-14-26-15-13-19)23(29-25)20-10-8-18(9-11-20)16-27-24(31)21-6-4-3-5-7-21/h3-4,12-15,17-18,20-21H,5-11,16H2,1-2H3,(H,27,31)/t18?,20?,21-/m1/s1. The van der Waals surface area contributed by atoms with Crippen molar-refractivity contribution in [3.05, 3.63) is 48.6 Å². The smallest absolute Gasteiger partial charge is 0.225 e. The third-order valence-electron chi connectivity index (χ3n) is 6.64. The Morgan fingerprint density at radius 3 is 2.55 bits per heavy atom. The number of hydrogen-bond donors (Lipinski definition) is 1. The molecule has 2 aromatic rings. The van der Waals surface area contributed by atoms with Crippen LogP contribution >= 0.6 is 0 Å². The van der Waals surface area contributed by atoms with Crippen LogP contribution in [0.15, 0.2) is 42.9 Å². The van der Waals surface area contributed by atoms with Gasteiger partial charge in [0.2, 0.25) is 11.9 Å². The molecule has 2 aromatic heterocycles. The first-order valence-electron chi connectivity index (χ1n) is 11.5. The molecule has 4 rings (SSSR count). The van der Waals surface area contributed by atoms with Gasteiger partial charge in [0.05, 0.1) is 5.69 Å². The van der Waals surface area contributed by atoms with Gasteiger partial charge in [-0.25, -0.2) is 9.97 Å². The Morgan fingerprint density at radius 1 is 1.10 bits per heavy atom. The molecule has 0 aromatic carbocycles. The molecule has 0 bridgehead atoms. The van der Waals surface area contributed by atoms with Crippen LogP contribution in [0.5, 0.6) is 0 Å². The van der Waals surface area contributed by atoms with Gasteiger partial charge in [-0.3, -0.25) is 9.78 Å². The van der Waals surface area contributed by atoms with Gasteiger partial charge in [-0.15, -0.1) is 0 Å². The Labute approximate surface area is 185 Å². The molecule has 0 saturated heterocycles. The average molecular weight is 420 g/mol. The van der Waals surface area contributed by atoms with E-state index in [9.17, 15) is 4.79 Å². The fourth-order valence-electron chi connectivity index (χ4n) is 4.73. The van der Waals surface area contributed by atoms with Crippen molar-refractivity contribution >= 4 is 11.9 Å². The van der Waals surface area contributed by atoms with Gasteiger partial charge in [-0.2, -0.15) is 0 Å². The maximum absolute atomic E-state index is 12.5. The van der Waals surface area contributed by atoms with Gasteiger partial charge in [-0.05, 0) is 68.6 Å². The molecule has 1 saturated carbocycles. The van der Waals surface area contributed by atoms with Crippen molar-refractivity contribution < 1.29 is 4.79 Å². The molecule has 31 heavy (non-hydrogen) atoms. The number of amides is 1. The lowest BCUT2D eigenvalue weighted by molar-refractivity contribution is -0.125. The summed E-state index contributed by atoms with van der Waals surface area (Å²) >= 11 is 0. The van der Waals surface area contributed by atoms with Crippen molar-refractivity contribution in [1.82, 2.24) is 20.3 Å². The number of rotatable bonds is 6. The largest absolute Gasteiger partial charge is 0.356 e. The molecule has 164 valence electrons. The van der Waals surface area contributed by atoms with Crippen LogP contribution in [0.2, 0.25) is 0 Å². The predicted molar refractivity (Wildman–Crippen MR) is 124 cm³/mol. The number of hydrogen-bond acceptors (Lipinski definition) is 5. The van der Waals surface area contributed by atoms with E-state index in [4.69, 9.17) is 4.98 Å². The predicted octanol–water partition coefficient (Wildman–Crippen LogP) is 4.35. The minimum Gasteiger partial charge on any atom is -0.356 e. The summed E-state index contributed by atoms with van der Waals surface area (Å²) in [5, 5.41) is 3.23. The van der Waals surface area contributed by atoms with Gasteiger partial charge in [-0.1, -0.05) is 12.2 Å². The number of anilines is 1. The van der Waals surface area contributed by atoms with Crippen LogP contribution in [0.3, 0.4) is 0 Å². The first-order valence-corrected chi connectivity index (χ1v) is 11.5. The molecule has 1 amide bonds. The third kappa shape index (κ3) is 5.30. The SMILES string of the molecule is CN(C)c1ncc(-c2ccncc2)c(C2CCC(CNC(=O)[C@@H]3CC=CCC3)CC2)n1. The average Bonchev–Trinajstić information content (AvgIpc) is 2.83. The van der Waals surface area contributed by atoms with Gasteiger partial charge < -0.3 is 10.2 Å². The van der Waals surface area contributed by atoms with Gasteiger partial charge in [0.1, 0.15) is 0 Å². The molecule has 1 N–H and O–H groups in total. The molecule has 0 spiro atoms. The maximum atomic E-state index is 12.5. The highest BCUT2D eigenvalue weighted by molar-refractivity contribution is 5.79. The van der Waals surface area contributed by atoms with Crippen LogP contribution in [0, 0.1) is 11.8 Å². The molecule has 0 aliphatic heterocycles. The second kappa shape index (κ2) is 10.0. The number of carbonyl (C=O) groups excluding carboxylic acids is 1. The lowest BCUT2D eigenvalue weighted by Crippen LogP contribution is -2.35. The highest BCUT2D eigenvalue weighted by atomic mass is 16.1. The van der Waals surface area contributed by atoms with Crippen molar-refractivity contribution in [1.29, 1.82) is 0 Å². The Bertz CT molecular complexity index is 903. The van der Waals surface area contributed by atoms with E-state index in [1.54, 1.807) is 0 Å². The zero-order chi connectivity index (χ0) is 21.6. The van der Waals surface area contributed by atoms with E-state index in [2.05, 4.69) is 27.4 Å². The monoisotopic (exact) mass is 419 g/mol. The third-order valence-corrected chi connectivity index (χ3v) is 6.64. The van der Waals surface area contributed by atoms with Crippen molar-refractivity contribution in [2.75, 3.05) is 25.5 Å². The van der Waals surface area contributed by atoms with Crippen LogP contribution in [-0.4, -0.2) is 41.5 Å². The number of nitrogens with zero attached hydrogens (tertiary/aromatic N) is 4. The number of carbonyl (C=O) groups is 1. The lowest BCUT2D eigenvalue weighted by atomic mass is 9.79. The second-order valence-electron chi connectivity index (χ2n) is 9.04. The highest BCUT2D eigenvalue weighted by Crippen LogP contribution is 2.39. The molecule has 6 nitrogen and oxygen atoms in total. The second-order valence-corrected chi connectivity index (χ2v) is 9.04. The van der Waals surface area contributed by atoms with Crippen LogP contribution < -0.4 is 10.2 Å². The summed E-state index contributed by atoms with van der Waals surface area (Å²) in [5.74, 6) is 2.12. The van der Waals surface area contributed by atoms with E-state index in [-0.39, 0.29) is 11.8 Å². The summed E-state index contributed by atoms with van der Waals surface area (Å²) in [6.45, 7) is 0.801. The molecule has 2 heterocycles. The molecular weight excluding hydrogens is 386 g/mol.